The Hall–Kier alpha value is -2.59. The maximum Gasteiger partial charge on any atom is 0.201 e. The molecule has 4 rings (SSSR count). The molecule has 0 spiro atoms. The number of fused-ring (bicyclic) bond motifs is 1. The molecule has 4 heteroatoms. The summed E-state index contributed by atoms with van der Waals surface area (Å²) in [5.41, 5.74) is 3.26. The molecule has 108 valence electrons. The summed E-state index contributed by atoms with van der Waals surface area (Å²) in [6.07, 6.45) is 2.13. The average Bonchev–Trinajstić information content (AvgIpc) is 3.17. The number of nitrogens with one attached hydrogen (secondary N) is 2. The molecule has 22 heavy (non-hydrogen) atoms. The summed E-state index contributed by atoms with van der Waals surface area (Å²) in [4.78, 5) is 4.60. The molecule has 2 aromatic carbocycles. The maximum atomic E-state index is 4.60. The van der Waals surface area contributed by atoms with Gasteiger partial charge in [0.15, 0.2) is 0 Å². The zero-order valence-corrected chi connectivity index (χ0v) is 12.7. The molecule has 2 N–H and O–H groups in total. The van der Waals surface area contributed by atoms with E-state index in [-0.39, 0.29) is 0 Å². The number of benzene rings is 2. The van der Waals surface area contributed by atoms with Gasteiger partial charge in [0, 0.05) is 10.4 Å². The second-order valence-electron chi connectivity index (χ2n) is 5.16. The van der Waals surface area contributed by atoms with Gasteiger partial charge in [-0.2, -0.15) is 0 Å². The molecule has 0 atom stereocenters. The fourth-order valence-electron chi connectivity index (χ4n) is 2.48. The number of rotatable bonds is 2. The van der Waals surface area contributed by atoms with Crippen LogP contribution in [0, 0.1) is 0 Å². The first-order chi connectivity index (χ1) is 10.9. The van der Waals surface area contributed by atoms with Gasteiger partial charge in [-0.25, -0.2) is 4.99 Å². The molecule has 3 nitrogen and oxygen atoms in total. The van der Waals surface area contributed by atoms with Gasteiger partial charge in [-0.05, 0) is 52.7 Å². The molecular formula is C18H15N3S. The van der Waals surface area contributed by atoms with Crippen molar-refractivity contribution in [3.05, 3.63) is 71.2 Å². The van der Waals surface area contributed by atoms with Crippen molar-refractivity contribution in [1.82, 2.24) is 5.32 Å². The second kappa shape index (κ2) is 5.66. The van der Waals surface area contributed by atoms with E-state index in [1.807, 2.05) is 30.3 Å². The van der Waals surface area contributed by atoms with Gasteiger partial charge in [0.05, 0.1) is 12.2 Å². The molecule has 1 aliphatic heterocycles. The number of hydrogen-bond donors (Lipinski definition) is 2. The van der Waals surface area contributed by atoms with Crippen LogP contribution < -0.4 is 10.6 Å². The highest BCUT2D eigenvalue weighted by molar-refractivity contribution is 7.17. The first-order valence-corrected chi connectivity index (χ1v) is 8.07. The first-order valence-electron chi connectivity index (χ1n) is 7.19. The lowest BCUT2D eigenvalue weighted by molar-refractivity contribution is 1.05. The van der Waals surface area contributed by atoms with Crippen LogP contribution in [0.3, 0.4) is 0 Å². The largest absolute Gasteiger partial charge is 0.350 e. The van der Waals surface area contributed by atoms with Crippen LogP contribution >= 0.6 is 11.3 Å². The smallest absolute Gasteiger partial charge is 0.201 e. The van der Waals surface area contributed by atoms with Crippen molar-refractivity contribution < 1.29 is 0 Å². The van der Waals surface area contributed by atoms with Crippen LogP contribution in [0.25, 0.3) is 16.2 Å². The molecule has 0 saturated heterocycles. The number of aliphatic imine (C=N–C) groups is 1. The normalized spacial score (nSPS) is 15.8. The van der Waals surface area contributed by atoms with Crippen molar-refractivity contribution in [2.45, 2.75) is 0 Å². The van der Waals surface area contributed by atoms with Gasteiger partial charge in [0.25, 0.3) is 0 Å². The monoisotopic (exact) mass is 305 g/mol. The van der Waals surface area contributed by atoms with Gasteiger partial charge in [0.2, 0.25) is 5.96 Å². The summed E-state index contributed by atoms with van der Waals surface area (Å²) in [5.74, 6) is 0.800. The van der Waals surface area contributed by atoms with Crippen LogP contribution in [0.4, 0.5) is 5.69 Å². The Kier molecular flexibility index (Phi) is 3.37. The average molecular weight is 305 g/mol. The minimum Gasteiger partial charge on any atom is -0.350 e. The molecule has 0 fully saturated rings. The second-order valence-corrected chi connectivity index (χ2v) is 6.11. The molecular weight excluding hydrogens is 290 g/mol. The van der Waals surface area contributed by atoms with Gasteiger partial charge >= 0.3 is 0 Å². The van der Waals surface area contributed by atoms with Crippen LogP contribution in [-0.4, -0.2) is 12.5 Å². The van der Waals surface area contributed by atoms with Gasteiger partial charge in [0.1, 0.15) is 0 Å². The summed E-state index contributed by atoms with van der Waals surface area (Å²) in [6, 6.07) is 18.7. The number of thiophene rings is 1. The molecule has 3 aromatic rings. The van der Waals surface area contributed by atoms with E-state index in [4.69, 9.17) is 0 Å². The SMILES string of the molecule is C(=C1\CNC(Nc2ccccc2)=N1)/c1ccc2sccc2c1. The molecule has 0 unspecified atom stereocenters. The third kappa shape index (κ3) is 2.73. The third-order valence-electron chi connectivity index (χ3n) is 3.54. The third-order valence-corrected chi connectivity index (χ3v) is 4.44. The van der Waals surface area contributed by atoms with E-state index in [9.17, 15) is 0 Å². The van der Waals surface area contributed by atoms with E-state index in [1.54, 1.807) is 11.3 Å². The minimum absolute atomic E-state index is 0.747. The van der Waals surface area contributed by atoms with Gasteiger partial charge < -0.3 is 10.6 Å². The Balaban J connectivity index is 1.55. The molecule has 0 aliphatic carbocycles. The van der Waals surface area contributed by atoms with Gasteiger partial charge in [-0.1, -0.05) is 24.3 Å². The minimum atomic E-state index is 0.747. The number of anilines is 1. The molecule has 2 heterocycles. The Morgan fingerprint density at radius 3 is 2.91 bits per heavy atom. The van der Waals surface area contributed by atoms with Crippen LogP contribution in [0.5, 0.6) is 0 Å². The predicted octanol–water partition coefficient (Wildman–Crippen LogP) is 4.31. The lowest BCUT2D eigenvalue weighted by Crippen LogP contribution is -2.25. The molecule has 0 radical (unpaired) electrons. The van der Waals surface area contributed by atoms with E-state index in [1.165, 1.54) is 15.6 Å². The Morgan fingerprint density at radius 1 is 1.09 bits per heavy atom. The summed E-state index contributed by atoms with van der Waals surface area (Å²) in [5, 5.41) is 9.97. The van der Waals surface area contributed by atoms with E-state index in [2.05, 4.69) is 51.3 Å². The van der Waals surface area contributed by atoms with E-state index in [0.717, 1.165) is 23.9 Å². The van der Waals surface area contributed by atoms with Crippen molar-refractivity contribution in [1.29, 1.82) is 0 Å². The van der Waals surface area contributed by atoms with Crippen LogP contribution in [-0.2, 0) is 0 Å². The number of hydrogen-bond acceptors (Lipinski definition) is 4. The standard InChI is InChI=1S/C18H15N3S/c1-2-4-15(5-3-1)20-18-19-12-16(21-18)11-13-6-7-17-14(10-13)8-9-22-17/h1-11H,12H2,(H2,19,20,21)/b16-11-. The number of guanidine groups is 1. The van der Waals surface area contributed by atoms with Crippen molar-refractivity contribution in [2.75, 3.05) is 11.9 Å². The molecule has 0 bridgehead atoms. The number of nitrogens with zero attached hydrogens (tertiary/aromatic N) is 1. The van der Waals surface area contributed by atoms with E-state index < -0.39 is 0 Å². The predicted molar refractivity (Wildman–Crippen MR) is 95.3 cm³/mol. The highest BCUT2D eigenvalue weighted by atomic mass is 32.1. The van der Waals surface area contributed by atoms with Crippen LogP contribution in [0.15, 0.2) is 70.7 Å². The summed E-state index contributed by atoms with van der Waals surface area (Å²) in [6.45, 7) is 0.747. The van der Waals surface area contributed by atoms with Crippen LogP contribution in [0.1, 0.15) is 5.56 Å². The molecule has 0 amide bonds. The molecule has 1 aliphatic rings. The van der Waals surface area contributed by atoms with E-state index >= 15 is 0 Å². The van der Waals surface area contributed by atoms with Crippen molar-refractivity contribution in [3.63, 3.8) is 0 Å². The molecule has 0 saturated carbocycles. The van der Waals surface area contributed by atoms with Crippen LogP contribution in [0.2, 0.25) is 0 Å². The van der Waals surface area contributed by atoms with Crippen molar-refractivity contribution in [2.24, 2.45) is 4.99 Å². The lowest BCUT2D eigenvalue weighted by Gasteiger charge is -2.04. The zero-order chi connectivity index (χ0) is 14.8. The summed E-state index contributed by atoms with van der Waals surface area (Å²) >= 11 is 1.77. The lowest BCUT2D eigenvalue weighted by atomic mass is 10.1. The first kappa shape index (κ1) is 13.1. The topological polar surface area (TPSA) is 36.4 Å². The summed E-state index contributed by atoms with van der Waals surface area (Å²) < 4.78 is 1.32. The highest BCUT2D eigenvalue weighted by Gasteiger charge is 2.10. The fraction of sp³-hybridized carbons (Fsp3) is 0.0556. The maximum absolute atomic E-state index is 4.60. The quantitative estimate of drug-likeness (QED) is 0.740. The number of para-hydroxylation sites is 1. The van der Waals surface area contributed by atoms with Crippen molar-refractivity contribution in [3.8, 4) is 0 Å². The fourth-order valence-corrected chi connectivity index (χ4v) is 3.25. The Bertz CT molecular complexity index is 862. The van der Waals surface area contributed by atoms with Gasteiger partial charge in [-0.3, -0.25) is 0 Å². The molecule has 1 aromatic heterocycles. The summed E-state index contributed by atoms with van der Waals surface area (Å²) in [7, 11) is 0. The highest BCUT2D eigenvalue weighted by Crippen LogP contribution is 2.23. The van der Waals surface area contributed by atoms with Gasteiger partial charge in [-0.15, -0.1) is 11.3 Å². The zero-order valence-electron chi connectivity index (χ0n) is 11.9. The Morgan fingerprint density at radius 2 is 2.00 bits per heavy atom. The van der Waals surface area contributed by atoms with E-state index in [0.29, 0.717) is 0 Å². The Labute approximate surface area is 133 Å². The van der Waals surface area contributed by atoms with Crippen molar-refractivity contribution >= 4 is 39.1 Å².